The van der Waals surface area contributed by atoms with Crippen molar-refractivity contribution in [2.45, 2.75) is 19.1 Å². The van der Waals surface area contributed by atoms with Gasteiger partial charge in [-0.15, -0.1) is 11.8 Å². The van der Waals surface area contributed by atoms with Gasteiger partial charge < -0.3 is 10.4 Å². The highest BCUT2D eigenvalue weighted by atomic mass is 32.2. The summed E-state index contributed by atoms with van der Waals surface area (Å²) >= 11 is 1.04. The van der Waals surface area contributed by atoms with E-state index in [2.05, 4.69) is 5.32 Å². The molecule has 5 nitrogen and oxygen atoms in total. The summed E-state index contributed by atoms with van der Waals surface area (Å²) in [4.78, 5) is 33.4. The summed E-state index contributed by atoms with van der Waals surface area (Å²) in [6.45, 7) is 2.97. The molecule has 0 saturated heterocycles. The number of amides is 1. The molecule has 0 aliphatic heterocycles. The molecule has 6 heteroatoms. The molecular weight excluding hydrogens is 266 g/mol. The van der Waals surface area contributed by atoms with Crippen LogP contribution >= 0.6 is 11.8 Å². The molecule has 102 valence electrons. The second-order valence-electron chi connectivity index (χ2n) is 3.98. The predicted molar refractivity (Wildman–Crippen MR) is 74.6 cm³/mol. The summed E-state index contributed by atoms with van der Waals surface area (Å²) in [6, 6.07) is 6.61. The first kappa shape index (κ1) is 15.2. The molecule has 2 N–H and O–H groups in total. The van der Waals surface area contributed by atoms with Crippen LogP contribution < -0.4 is 5.32 Å². The molecule has 0 spiro atoms. The van der Waals surface area contributed by atoms with E-state index in [0.29, 0.717) is 11.3 Å². The van der Waals surface area contributed by atoms with E-state index in [0.717, 1.165) is 11.8 Å². The first-order chi connectivity index (χ1) is 8.90. The molecular formula is C13H15NO4S. The Bertz CT molecular complexity index is 501. The number of anilines is 1. The minimum atomic E-state index is -0.948. The van der Waals surface area contributed by atoms with E-state index < -0.39 is 11.2 Å². The average Bonchev–Trinajstić information content (AvgIpc) is 2.36. The zero-order valence-electron chi connectivity index (χ0n) is 10.7. The average molecular weight is 281 g/mol. The molecule has 1 amide bonds. The van der Waals surface area contributed by atoms with Gasteiger partial charge in [0, 0.05) is 11.3 Å². The van der Waals surface area contributed by atoms with Crippen LogP contribution in [0.25, 0.3) is 0 Å². The summed E-state index contributed by atoms with van der Waals surface area (Å²) in [5, 5.41) is 10.7. The number of ketones is 1. The van der Waals surface area contributed by atoms with Gasteiger partial charge in [0.05, 0.1) is 11.0 Å². The van der Waals surface area contributed by atoms with Gasteiger partial charge in [-0.1, -0.05) is 12.1 Å². The highest BCUT2D eigenvalue weighted by Gasteiger charge is 2.13. The van der Waals surface area contributed by atoms with Crippen LogP contribution in [0.15, 0.2) is 24.3 Å². The lowest BCUT2D eigenvalue weighted by Gasteiger charge is -2.08. The van der Waals surface area contributed by atoms with Crippen molar-refractivity contribution >= 4 is 35.1 Å². The van der Waals surface area contributed by atoms with Crippen molar-refractivity contribution in [1.82, 2.24) is 0 Å². The van der Waals surface area contributed by atoms with Gasteiger partial charge in [-0.05, 0) is 26.0 Å². The second kappa shape index (κ2) is 6.94. The Balaban J connectivity index is 2.55. The number of nitrogens with one attached hydrogen (secondary N) is 1. The van der Waals surface area contributed by atoms with Crippen LogP contribution in [0.1, 0.15) is 24.2 Å². The van der Waals surface area contributed by atoms with Crippen molar-refractivity contribution in [2.75, 3.05) is 11.1 Å². The van der Waals surface area contributed by atoms with Crippen LogP contribution in [0.4, 0.5) is 5.69 Å². The lowest BCUT2D eigenvalue weighted by atomic mass is 10.1. The van der Waals surface area contributed by atoms with Gasteiger partial charge in [0.15, 0.2) is 5.78 Å². The standard InChI is InChI=1S/C13H15NO4S/c1-8(15)10-4-3-5-11(6-10)14-12(16)7-19-9(2)13(17)18/h3-6,9H,7H2,1-2H3,(H,14,16)(H,17,18). The topological polar surface area (TPSA) is 83.5 Å². The minimum Gasteiger partial charge on any atom is -0.480 e. The van der Waals surface area contributed by atoms with Crippen LogP contribution in [0.3, 0.4) is 0 Å². The predicted octanol–water partition coefficient (Wildman–Crippen LogP) is 2.03. The third-order valence-corrected chi connectivity index (χ3v) is 3.50. The summed E-state index contributed by atoms with van der Waals surface area (Å²) in [7, 11) is 0. The minimum absolute atomic E-state index is 0.0533. The van der Waals surface area contributed by atoms with E-state index in [1.54, 1.807) is 24.3 Å². The lowest BCUT2D eigenvalue weighted by molar-refractivity contribution is -0.136. The van der Waals surface area contributed by atoms with Crippen LogP contribution in [0.5, 0.6) is 0 Å². The number of carbonyl (C=O) groups is 3. The molecule has 0 fully saturated rings. The quantitative estimate of drug-likeness (QED) is 0.779. The Labute approximate surface area is 115 Å². The van der Waals surface area contributed by atoms with Crippen LogP contribution in [0.2, 0.25) is 0 Å². The normalized spacial score (nSPS) is 11.7. The van der Waals surface area contributed by atoms with E-state index >= 15 is 0 Å². The molecule has 0 saturated carbocycles. The Hall–Kier alpha value is -1.82. The van der Waals surface area contributed by atoms with Crippen molar-refractivity contribution < 1.29 is 19.5 Å². The Morgan fingerprint density at radius 2 is 2.05 bits per heavy atom. The van der Waals surface area contributed by atoms with E-state index in [-0.39, 0.29) is 17.4 Å². The second-order valence-corrected chi connectivity index (χ2v) is 5.31. The van der Waals surface area contributed by atoms with Gasteiger partial charge >= 0.3 is 5.97 Å². The summed E-state index contributed by atoms with van der Waals surface area (Å²) in [5.74, 6) is -1.27. The first-order valence-corrected chi connectivity index (χ1v) is 6.70. The van der Waals surface area contributed by atoms with Crippen LogP contribution in [-0.4, -0.2) is 33.8 Å². The smallest absolute Gasteiger partial charge is 0.316 e. The number of carboxylic acids is 1. The number of rotatable bonds is 6. The number of carboxylic acid groups (broad SMARTS) is 1. The van der Waals surface area contributed by atoms with Crippen LogP contribution in [-0.2, 0) is 9.59 Å². The molecule has 0 aliphatic rings. The molecule has 0 heterocycles. The third-order valence-electron chi connectivity index (χ3n) is 2.37. The summed E-state index contributed by atoms with van der Waals surface area (Å²) < 4.78 is 0. The molecule has 0 bridgehead atoms. The molecule has 1 rings (SSSR count). The van der Waals surface area contributed by atoms with Gasteiger partial charge in [-0.2, -0.15) is 0 Å². The Morgan fingerprint density at radius 3 is 2.63 bits per heavy atom. The number of hydrogen-bond acceptors (Lipinski definition) is 4. The lowest BCUT2D eigenvalue weighted by Crippen LogP contribution is -2.19. The van der Waals surface area contributed by atoms with Crippen molar-refractivity contribution in [3.63, 3.8) is 0 Å². The first-order valence-electron chi connectivity index (χ1n) is 5.65. The maximum atomic E-state index is 11.6. The Morgan fingerprint density at radius 1 is 1.37 bits per heavy atom. The largest absolute Gasteiger partial charge is 0.480 e. The maximum absolute atomic E-state index is 11.6. The molecule has 1 aromatic rings. The van der Waals surface area contributed by atoms with Crippen molar-refractivity contribution in [3.05, 3.63) is 29.8 Å². The van der Waals surface area contributed by atoms with Gasteiger partial charge in [0.1, 0.15) is 0 Å². The molecule has 19 heavy (non-hydrogen) atoms. The molecule has 0 aromatic heterocycles. The zero-order chi connectivity index (χ0) is 14.4. The molecule has 0 radical (unpaired) electrons. The van der Waals surface area contributed by atoms with E-state index in [1.165, 1.54) is 13.8 Å². The third kappa shape index (κ3) is 5.13. The van der Waals surface area contributed by atoms with E-state index in [4.69, 9.17) is 5.11 Å². The van der Waals surface area contributed by atoms with Crippen LogP contribution in [0, 0.1) is 0 Å². The summed E-state index contributed by atoms with van der Waals surface area (Å²) in [6.07, 6.45) is 0. The number of benzene rings is 1. The highest BCUT2D eigenvalue weighted by Crippen LogP contribution is 2.14. The fraction of sp³-hybridized carbons (Fsp3) is 0.308. The maximum Gasteiger partial charge on any atom is 0.316 e. The van der Waals surface area contributed by atoms with E-state index in [1.807, 2.05) is 0 Å². The molecule has 1 atom stereocenters. The molecule has 1 aromatic carbocycles. The monoisotopic (exact) mass is 281 g/mol. The number of Topliss-reactive ketones (excluding diaryl/α,β-unsaturated/α-hetero) is 1. The van der Waals surface area contributed by atoms with Gasteiger partial charge in [-0.25, -0.2) is 0 Å². The fourth-order valence-electron chi connectivity index (χ4n) is 1.28. The number of thioether (sulfide) groups is 1. The number of hydrogen-bond donors (Lipinski definition) is 2. The van der Waals surface area contributed by atoms with Crippen molar-refractivity contribution in [1.29, 1.82) is 0 Å². The molecule has 1 unspecified atom stereocenters. The fourth-order valence-corrected chi connectivity index (χ4v) is 1.90. The van der Waals surface area contributed by atoms with Gasteiger partial charge in [0.2, 0.25) is 5.91 Å². The number of carbonyl (C=O) groups excluding carboxylic acids is 2. The van der Waals surface area contributed by atoms with Crippen molar-refractivity contribution in [3.8, 4) is 0 Å². The zero-order valence-corrected chi connectivity index (χ0v) is 11.5. The van der Waals surface area contributed by atoms with Gasteiger partial charge in [0.25, 0.3) is 0 Å². The van der Waals surface area contributed by atoms with Gasteiger partial charge in [-0.3, -0.25) is 14.4 Å². The van der Waals surface area contributed by atoms with E-state index in [9.17, 15) is 14.4 Å². The van der Waals surface area contributed by atoms with Crippen molar-refractivity contribution in [2.24, 2.45) is 0 Å². The summed E-state index contributed by atoms with van der Waals surface area (Å²) in [5.41, 5.74) is 1.05. The Kier molecular flexibility index (Phi) is 5.57. The number of aliphatic carboxylic acids is 1. The SMILES string of the molecule is CC(=O)c1cccc(NC(=O)CSC(C)C(=O)O)c1. The highest BCUT2D eigenvalue weighted by molar-refractivity contribution is 8.01. The molecule has 0 aliphatic carbocycles.